The van der Waals surface area contributed by atoms with Gasteiger partial charge in [0.05, 0.1) is 0 Å². The lowest BCUT2D eigenvalue weighted by Crippen LogP contribution is -2.21. The van der Waals surface area contributed by atoms with Gasteiger partial charge in [0.1, 0.15) is 23.2 Å². The molecule has 0 unspecified atom stereocenters. The maximum absolute atomic E-state index is 13.6. The molecule has 1 aliphatic carbocycles. The molecule has 2 atom stereocenters. The summed E-state index contributed by atoms with van der Waals surface area (Å²) in [6.45, 7) is 6.50. The lowest BCUT2D eigenvalue weighted by atomic mass is 9.80. The molecule has 1 N–H and O–H groups in total. The van der Waals surface area contributed by atoms with E-state index < -0.39 is 0 Å². The fourth-order valence-corrected chi connectivity index (χ4v) is 4.10. The van der Waals surface area contributed by atoms with Crippen molar-refractivity contribution < 1.29 is 4.39 Å². The van der Waals surface area contributed by atoms with E-state index in [1.165, 1.54) is 34.3 Å². The average molecular weight is 407 g/mol. The van der Waals surface area contributed by atoms with Crippen LogP contribution in [0.15, 0.2) is 57.7 Å². The van der Waals surface area contributed by atoms with Gasteiger partial charge in [-0.1, -0.05) is 30.2 Å². The number of rotatable bonds is 5. The van der Waals surface area contributed by atoms with E-state index in [-0.39, 0.29) is 17.3 Å². The van der Waals surface area contributed by atoms with Gasteiger partial charge in [0.2, 0.25) is 0 Å². The van der Waals surface area contributed by atoms with Crippen LogP contribution in [0, 0.1) is 17.7 Å². The number of halogens is 1. The highest BCUT2D eigenvalue weighted by molar-refractivity contribution is 6.04. The molecule has 6 heteroatoms. The van der Waals surface area contributed by atoms with Crippen molar-refractivity contribution in [3.8, 4) is 0 Å². The molecular weight excluding hydrogens is 379 g/mol. The van der Waals surface area contributed by atoms with Crippen molar-refractivity contribution in [3.05, 3.63) is 64.0 Å². The number of fused-ring (bicyclic) bond motifs is 3. The van der Waals surface area contributed by atoms with Crippen LogP contribution in [0.2, 0.25) is 0 Å². The summed E-state index contributed by atoms with van der Waals surface area (Å²) in [7, 11) is 0. The summed E-state index contributed by atoms with van der Waals surface area (Å²) in [5.74, 6) is 0.410. The van der Waals surface area contributed by atoms with Crippen LogP contribution in [0.25, 0.3) is 21.9 Å². The van der Waals surface area contributed by atoms with E-state index >= 15 is 0 Å². The van der Waals surface area contributed by atoms with E-state index in [0.29, 0.717) is 27.9 Å². The summed E-state index contributed by atoms with van der Waals surface area (Å²) in [5.41, 5.74) is 4.08. The Morgan fingerprint density at radius 2 is 2.23 bits per heavy atom. The van der Waals surface area contributed by atoms with Crippen molar-refractivity contribution in [2.24, 2.45) is 16.9 Å². The minimum atomic E-state index is -0.355. The first kappa shape index (κ1) is 20.3. The molecule has 0 saturated heterocycles. The predicted molar refractivity (Wildman–Crippen MR) is 120 cm³/mol. The molecule has 30 heavy (non-hydrogen) atoms. The number of nitrogens with one attached hydrogen (secondary N) is 1. The van der Waals surface area contributed by atoms with E-state index in [0.717, 1.165) is 25.7 Å². The highest BCUT2D eigenvalue weighted by Crippen LogP contribution is 2.30. The topological polar surface area (TPSA) is 63.0 Å². The molecule has 5 nitrogen and oxygen atoms in total. The summed E-state index contributed by atoms with van der Waals surface area (Å²) < 4.78 is 14.8. The van der Waals surface area contributed by atoms with Gasteiger partial charge in [-0.3, -0.25) is 4.79 Å². The highest BCUT2D eigenvalue weighted by Gasteiger charge is 2.20. The number of nitrogens with zero attached hydrogens (tertiary/aromatic N) is 3. The van der Waals surface area contributed by atoms with Crippen LogP contribution in [0.3, 0.4) is 0 Å². The number of aromatic amines is 1. The molecule has 0 bridgehead atoms. The van der Waals surface area contributed by atoms with Crippen LogP contribution in [-0.4, -0.2) is 20.9 Å². The second-order valence-corrected chi connectivity index (χ2v) is 8.46. The zero-order valence-electron chi connectivity index (χ0n) is 17.7. The molecule has 1 aromatic carbocycles. The molecule has 3 aromatic rings. The van der Waals surface area contributed by atoms with E-state index in [1.54, 1.807) is 6.07 Å². The first-order valence-corrected chi connectivity index (χ1v) is 10.5. The molecule has 156 valence electrons. The monoisotopic (exact) mass is 406 g/mol. The first-order chi connectivity index (χ1) is 14.4. The Kier molecular flexibility index (Phi) is 5.66. The molecule has 0 amide bonds. The van der Waals surface area contributed by atoms with Gasteiger partial charge in [0, 0.05) is 23.0 Å². The molecule has 0 fully saturated rings. The number of hydrogen-bond donors (Lipinski definition) is 1. The van der Waals surface area contributed by atoms with Crippen LogP contribution < -0.4 is 5.56 Å². The Balaban J connectivity index is 1.53. The van der Waals surface area contributed by atoms with Gasteiger partial charge < -0.3 is 4.98 Å². The molecular formula is C24H27FN4O. The first-order valence-electron chi connectivity index (χ1n) is 10.5. The maximum atomic E-state index is 13.6. The minimum absolute atomic E-state index is 0.283. The van der Waals surface area contributed by atoms with Crippen LogP contribution in [-0.2, 0) is 0 Å². The lowest BCUT2D eigenvalue weighted by molar-refractivity contribution is 0.429. The van der Waals surface area contributed by atoms with E-state index in [1.807, 2.05) is 6.21 Å². The Hall–Kier alpha value is -3.02. The van der Waals surface area contributed by atoms with Crippen LogP contribution in [0.4, 0.5) is 4.39 Å². The van der Waals surface area contributed by atoms with Crippen molar-refractivity contribution in [3.63, 3.8) is 0 Å². The summed E-state index contributed by atoms with van der Waals surface area (Å²) in [6.07, 6.45) is 12.1. The molecule has 0 spiro atoms. The Bertz CT molecular complexity index is 1230. The van der Waals surface area contributed by atoms with Crippen molar-refractivity contribution in [1.29, 1.82) is 0 Å². The third kappa shape index (κ3) is 4.13. The highest BCUT2D eigenvalue weighted by atomic mass is 19.1. The standard InChI is InChI=1S/C24H27FN4O/c1-15(2)5-4-6-17-7-8-18(16(3)11-17)13-27-29-14-26-22-20-12-19(25)9-10-21(20)28-23(22)24(29)30/h5,7,9-10,12-14,16,18,28H,4,6,8,11H2,1-3H3/b27-13-/t16-,18+/m0/s1. The van der Waals surface area contributed by atoms with Crippen molar-refractivity contribution in [2.45, 2.75) is 46.5 Å². The number of allylic oxidation sites excluding steroid dienone is 4. The number of H-pyrrole nitrogens is 1. The van der Waals surface area contributed by atoms with E-state index in [9.17, 15) is 9.18 Å². The summed E-state index contributed by atoms with van der Waals surface area (Å²) >= 11 is 0. The van der Waals surface area contributed by atoms with Crippen LogP contribution >= 0.6 is 0 Å². The SMILES string of the molecule is CC(C)=CCCC1=CC[C@H](/C=N\n2cnc3c([nH]c4ccc(F)cc43)c2=O)[C@@H](C)C1. The van der Waals surface area contributed by atoms with Crippen LogP contribution in [0.5, 0.6) is 0 Å². The van der Waals surface area contributed by atoms with Crippen molar-refractivity contribution >= 4 is 28.2 Å². The summed E-state index contributed by atoms with van der Waals surface area (Å²) in [4.78, 5) is 20.2. The van der Waals surface area contributed by atoms with Crippen molar-refractivity contribution in [1.82, 2.24) is 14.6 Å². The quantitative estimate of drug-likeness (QED) is 0.445. The molecule has 1 aliphatic rings. The Morgan fingerprint density at radius 3 is 3.00 bits per heavy atom. The predicted octanol–water partition coefficient (Wildman–Crippen LogP) is 5.57. The maximum Gasteiger partial charge on any atom is 0.298 e. The van der Waals surface area contributed by atoms with Gasteiger partial charge in [-0.2, -0.15) is 9.78 Å². The average Bonchev–Trinajstić information content (AvgIpc) is 3.07. The van der Waals surface area contributed by atoms with Crippen LogP contribution in [0.1, 0.15) is 46.5 Å². The Labute approximate surface area is 175 Å². The lowest BCUT2D eigenvalue weighted by Gasteiger charge is -2.25. The molecule has 0 aliphatic heterocycles. The van der Waals surface area contributed by atoms with E-state index in [4.69, 9.17) is 0 Å². The van der Waals surface area contributed by atoms with Gasteiger partial charge in [-0.05, 0) is 63.6 Å². The molecule has 2 heterocycles. The fraction of sp³-hybridized carbons (Fsp3) is 0.375. The third-order valence-electron chi connectivity index (χ3n) is 5.85. The number of hydrogen-bond acceptors (Lipinski definition) is 3. The van der Waals surface area contributed by atoms with Gasteiger partial charge in [0.25, 0.3) is 5.56 Å². The smallest absolute Gasteiger partial charge is 0.298 e. The second kappa shape index (κ2) is 8.38. The summed E-state index contributed by atoms with van der Waals surface area (Å²) in [6, 6.07) is 4.37. The zero-order chi connectivity index (χ0) is 21.3. The number of benzene rings is 1. The van der Waals surface area contributed by atoms with Crippen molar-refractivity contribution in [2.75, 3.05) is 0 Å². The van der Waals surface area contributed by atoms with Gasteiger partial charge in [-0.25, -0.2) is 9.37 Å². The Morgan fingerprint density at radius 1 is 1.40 bits per heavy atom. The second-order valence-electron chi connectivity index (χ2n) is 8.46. The molecule has 4 rings (SSSR count). The molecule has 2 aromatic heterocycles. The van der Waals surface area contributed by atoms with Gasteiger partial charge in [0.15, 0.2) is 0 Å². The zero-order valence-corrected chi connectivity index (χ0v) is 17.7. The summed E-state index contributed by atoms with van der Waals surface area (Å²) in [5, 5.41) is 5.01. The normalized spacial score (nSPS) is 19.5. The van der Waals surface area contributed by atoms with Gasteiger partial charge in [-0.15, -0.1) is 0 Å². The third-order valence-corrected chi connectivity index (χ3v) is 5.85. The molecule has 0 saturated carbocycles. The minimum Gasteiger partial charge on any atom is -0.349 e. The van der Waals surface area contributed by atoms with Gasteiger partial charge >= 0.3 is 0 Å². The fourth-order valence-electron chi connectivity index (χ4n) is 4.10. The van der Waals surface area contributed by atoms with E-state index in [2.05, 4.69) is 48.0 Å². The largest absolute Gasteiger partial charge is 0.349 e. The molecule has 0 radical (unpaired) electrons. The number of aromatic nitrogens is 3.